The highest BCUT2D eigenvalue weighted by atomic mass is 16.5. The van der Waals surface area contributed by atoms with Crippen LogP contribution in [0.5, 0.6) is 5.75 Å². The van der Waals surface area contributed by atoms with E-state index in [-0.39, 0.29) is 0 Å². The first-order valence-corrected chi connectivity index (χ1v) is 6.60. The van der Waals surface area contributed by atoms with E-state index < -0.39 is 0 Å². The summed E-state index contributed by atoms with van der Waals surface area (Å²) in [6, 6.07) is 16.7. The predicted octanol–water partition coefficient (Wildman–Crippen LogP) is 5.09. The van der Waals surface area contributed by atoms with Gasteiger partial charge in [0.1, 0.15) is 5.75 Å². The summed E-state index contributed by atoms with van der Waals surface area (Å²) in [5.74, 6) is 0.930. The third-order valence-electron chi connectivity index (χ3n) is 2.62. The number of hydrogen-bond acceptors (Lipinski definition) is 1. The van der Waals surface area contributed by atoms with Gasteiger partial charge >= 0.3 is 0 Å². The van der Waals surface area contributed by atoms with Crippen molar-refractivity contribution in [2.24, 2.45) is 0 Å². The molecule has 0 bridgehead atoms. The topological polar surface area (TPSA) is 9.23 Å². The molecule has 0 amide bonds. The van der Waals surface area contributed by atoms with E-state index in [1.165, 1.54) is 16.7 Å². The molecule has 2 aromatic carbocycles. The van der Waals surface area contributed by atoms with Crippen molar-refractivity contribution in [2.45, 2.75) is 27.7 Å². The SMILES string of the molecule is CC.CCOc1ccc(-c2ccccc2C)cc1. The Kier molecular flexibility index (Phi) is 5.99. The van der Waals surface area contributed by atoms with Crippen molar-refractivity contribution in [3.05, 3.63) is 54.1 Å². The summed E-state index contributed by atoms with van der Waals surface area (Å²) in [4.78, 5) is 0. The van der Waals surface area contributed by atoms with Gasteiger partial charge in [0.2, 0.25) is 0 Å². The highest BCUT2D eigenvalue weighted by Gasteiger charge is 2.00. The molecule has 0 aliphatic carbocycles. The second kappa shape index (κ2) is 7.54. The Morgan fingerprint density at radius 2 is 1.50 bits per heavy atom. The van der Waals surface area contributed by atoms with Crippen LogP contribution in [-0.2, 0) is 0 Å². The van der Waals surface area contributed by atoms with E-state index in [0.717, 1.165) is 5.75 Å². The lowest BCUT2D eigenvalue weighted by molar-refractivity contribution is 0.340. The summed E-state index contributed by atoms with van der Waals surface area (Å²) < 4.78 is 5.43. The first kappa shape index (κ1) is 14.3. The maximum absolute atomic E-state index is 5.43. The number of rotatable bonds is 3. The molecule has 0 saturated carbocycles. The molecule has 0 heterocycles. The summed E-state index contributed by atoms with van der Waals surface area (Å²) in [7, 11) is 0. The molecule has 0 fully saturated rings. The Hall–Kier alpha value is -1.76. The summed E-state index contributed by atoms with van der Waals surface area (Å²) >= 11 is 0. The fraction of sp³-hybridized carbons (Fsp3) is 0.294. The van der Waals surface area contributed by atoms with Gasteiger partial charge in [-0.15, -0.1) is 0 Å². The van der Waals surface area contributed by atoms with Gasteiger partial charge in [0.15, 0.2) is 0 Å². The van der Waals surface area contributed by atoms with Crippen molar-refractivity contribution in [3.8, 4) is 16.9 Å². The van der Waals surface area contributed by atoms with E-state index in [9.17, 15) is 0 Å². The van der Waals surface area contributed by atoms with Crippen LogP contribution in [0.3, 0.4) is 0 Å². The van der Waals surface area contributed by atoms with Crippen molar-refractivity contribution in [3.63, 3.8) is 0 Å². The summed E-state index contributed by atoms with van der Waals surface area (Å²) in [5.41, 5.74) is 3.82. The zero-order valence-corrected chi connectivity index (χ0v) is 11.7. The van der Waals surface area contributed by atoms with Crippen molar-refractivity contribution in [1.29, 1.82) is 0 Å². The second-order valence-corrected chi connectivity index (χ2v) is 3.77. The summed E-state index contributed by atoms with van der Waals surface area (Å²) in [6.45, 7) is 8.84. The normalized spacial score (nSPS) is 9.33. The first-order chi connectivity index (χ1) is 8.81. The third-order valence-corrected chi connectivity index (χ3v) is 2.62. The monoisotopic (exact) mass is 242 g/mol. The minimum Gasteiger partial charge on any atom is -0.494 e. The largest absolute Gasteiger partial charge is 0.494 e. The highest BCUT2D eigenvalue weighted by molar-refractivity contribution is 5.67. The van der Waals surface area contributed by atoms with E-state index in [0.29, 0.717) is 6.61 Å². The Morgan fingerprint density at radius 1 is 0.889 bits per heavy atom. The number of hydrogen-bond donors (Lipinski definition) is 0. The van der Waals surface area contributed by atoms with Gasteiger partial charge in [-0.05, 0) is 42.7 Å². The molecule has 96 valence electrons. The lowest BCUT2D eigenvalue weighted by Crippen LogP contribution is -1.90. The quantitative estimate of drug-likeness (QED) is 0.728. The number of ether oxygens (including phenoxy) is 1. The highest BCUT2D eigenvalue weighted by Crippen LogP contribution is 2.25. The molecule has 0 unspecified atom stereocenters. The second-order valence-electron chi connectivity index (χ2n) is 3.77. The summed E-state index contributed by atoms with van der Waals surface area (Å²) in [5, 5.41) is 0. The van der Waals surface area contributed by atoms with E-state index in [4.69, 9.17) is 4.74 Å². The van der Waals surface area contributed by atoms with Crippen LogP contribution < -0.4 is 4.74 Å². The molecular weight excluding hydrogens is 220 g/mol. The van der Waals surface area contributed by atoms with E-state index in [1.54, 1.807) is 0 Å². The molecule has 0 atom stereocenters. The Labute approximate surface area is 110 Å². The van der Waals surface area contributed by atoms with Crippen molar-refractivity contribution >= 4 is 0 Å². The average Bonchev–Trinajstić information content (AvgIpc) is 2.43. The number of benzene rings is 2. The Morgan fingerprint density at radius 3 is 2.06 bits per heavy atom. The maximum atomic E-state index is 5.43. The lowest BCUT2D eigenvalue weighted by atomic mass is 10.0. The molecule has 0 spiro atoms. The fourth-order valence-electron chi connectivity index (χ4n) is 1.79. The van der Waals surface area contributed by atoms with Crippen LogP contribution in [0, 0.1) is 6.92 Å². The average molecular weight is 242 g/mol. The Bertz CT molecular complexity index is 457. The zero-order chi connectivity index (χ0) is 13.4. The molecule has 0 N–H and O–H groups in total. The van der Waals surface area contributed by atoms with Crippen LogP contribution in [0.25, 0.3) is 11.1 Å². The third kappa shape index (κ3) is 3.63. The van der Waals surface area contributed by atoms with Crippen LogP contribution in [0.1, 0.15) is 26.3 Å². The fourth-order valence-corrected chi connectivity index (χ4v) is 1.79. The van der Waals surface area contributed by atoms with E-state index in [1.807, 2.05) is 32.9 Å². The van der Waals surface area contributed by atoms with Gasteiger partial charge < -0.3 is 4.74 Å². The van der Waals surface area contributed by atoms with Gasteiger partial charge in [-0.3, -0.25) is 0 Å². The van der Waals surface area contributed by atoms with Crippen molar-refractivity contribution in [2.75, 3.05) is 6.61 Å². The molecule has 2 rings (SSSR count). The van der Waals surface area contributed by atoms with Gasteiger partial charge in [-0.25, -0.2) is 0 Å². The molecule has 0 aliphatic heterocycles. The molecule has 2 aromatic rings. The van der Waals surface area contributed by atoms with Crippen LogP contribution in [0.4, 0.5) is 0 Å². The molecule has 0 saturated heterocycles. The van der Waals surface area contributed by atoms with Crippen molar-refractivity contribution in [1.82, 2.24) is 0 Å². The zero-order valence-electron chi connectivity index (χ0n) is 11.7. The standard InChI is InChI=1S/C15H16O.C2H6/c1-3-16-14-10-8-13(9-11-14)15-7-5-4-6-12(15)2;1-2/h4-11H,3H2,1-2H3;1-2H3. The molecule has 1 nitrogen and oxygen atoms in total. The van der Waals surface area contributed by atoms with Crippen molar-refractivity contribution < 1.29 is 4.74 Å². The molecule has 0 aromatic heterocycles. The van der Waals surface area contributed by atoms with Gasteiger partial charge in [-0.1, -0.05) is 50.2 Å². The molecule has 0 aliphatic rings. The van der Waals surface area contributed by atoms with Gasteiger partial charge in [-0.2, -0.15) is 0 Å². The smallest absolute Gasteiger partial charge is 0.119 e. The predicted molar refractivity (Wildman–Crippen MR) is 79.1 cm³/mol. The van der Waals surface area contributed by atoms with E-state index in [2.05, 4.69) is 43.3 Å². The van der Waals surface area contributed by atoms with Crippen LogP contribution >= 0.6 is 0 Å². The van der Waals surface area contributed by atoms with Gasteiger partial charge in [0.05, 0.1) is 6.61 Å². The minimum absolute atomic E-state index is 0.712. The first-order valence-electron chi connectivity index (χ1n) is 6.60. The Balaban J connectivity index is 0.000000771. The molecule has 0 radical (unpaired) electrons. The van der Waals surface area contributed by atoms with Crippen LogP contribution in [-0.4, -0.2) is 6.61 Å². The molecular formula is C17H22O. The van der Waals surface area contributed by atoms with Crippen LogP contribution in [0.15, 0.2) is 48.5 Å². The maximum Gasteiger partial charge on any atom is 0.119 e. The van der Waals surface area contributed by atoms with E-state index >= 15 is 0 Å². The minimum atomic E-state index is 0.712. The van der Waals surface area contributed by atoms with Crippen LogP contribution in [0.2, 0.25) is 0 Å². The molecule has 18 heavy (non-hydrogen) atoms. The number of aryl methyl sites for hydroxylation is 1. The lowest BCUT2D eigenvalue weighted by Gasteiger charge is -2.07. The van der Waals surface area contributed by atoms with Gasteiger partial charge in [0.25, 0.3) is 0 Å². The molecule has 1 heteroatoms. The summed E-state index contributed by atoms with van der Waals surface area (Å²) in [6.07, 6.45) is 0. The van der Waals surface area contributed by atoms with Gasteiger partial charge in [0, 0.05) is 0 Å².